The fourth-order valence-electron chi connectivity index (χ4n) is 3.42. The van der Waals surface area contributed by atoms with E-state index >= 15 is 0 Å². The van der Waals surface area contributed by atoms with E-state index < -0.39 is 0 Å². The molecule has 1 unspecified atom stereocenters. The first-order valence-electron chi connectivity index (χ1n) is 7.31. The average molecular weight is 269 g/mol. The van der Waals surface area contributed by atoms with E-state index in [1.165, 1.54) is 25.9 Å². The highest BCUT2D eigenvalue weighted by Gasteiger charge is 2.34. The van der Waals surface area contributed by atoms with Crippen LogP contribution in [0.3, 0.4) is 0 Å². The molecule has 0 amide bonds. The first-order chi connectivity index (χ1) is 9.79. The number of nitrogens with two attached hydrogens (primary N) is 1. The van der Waals surface area contributed by atoms with Gasteiger partial charge in [0.05, 0.1) is 11.0 Å². The molecule has 2 bridgehead atoms. The maximum absolute atomic E-state index is 6.05. The van der Waals surface area contributed by atoms with Crippen molar-refractivity contribution in [2.45, 2.75) is 18.9 Å². The molecular weight excluding hydrogens is 250 g/mol. The summed E-state index contributed by atoms with van der Waals surface area (Å²) in [6, 6.07) is 8.30. The van der Waals surface area contributed by atoms with Crippen molar-refractivity contribution < 1.29 is 0 Å². The van der Waals surface area contributed by atoms with Gasteiger partial charge in [-0.15, -0.1) is 0 Å². The molecule has 1 aromatic carbocycles. The van der Waals surface area contributed by atoms with E-state index in [0.29, 0.717) is 11.9 Å². The lowest BCUT2D eigenvalue weighted by Crippen LogP contribution is -2.53. The molecule has 3 fully saturated rings. The van der Waals surface area contributed by atoms with Crippen LogP contribution in [0.25, 0.3) is 11.0 Å². The maximum Gasteiger partial charge on any atom is 0.169 e. The number of para-hydroxylation sites is 2. The third-order valence-electron chi connectivity index (χ3n) is 4.58. The van der Waals surface area contributed by atoms with Crippen LogP contribution in [0, 0.1) is 5.92 Å². The van der Waals surface area contributed by atoms with E-state index in [1.807, 2.05) is 24.3 Å². The quantitative estimate of drug-likeness (QED) is 0.869. The second kappa shape index (κ2) is 4.59. The molecule has 5 nitrogen and oxygen atoms in total. The Morgan fingerprint density at radius 2 is 1.80 bits per heavy atom. The first kappa shape index (κ1) is 11.9. The third-order valence-corrected chi connectivity index (χ3v) is 4.58. The summed E-state index contributed by atoms with van der Waals surface area (Å²) in [4.78, 5) is 11.6. The highest BCUT2D eigenvalue weighted by atomic mass is 15.2. The molecule has 4 heterocycles. The molecule has 2 aromatic rings. The van der Waals surface area contributed by atoms with Crippen LogP contribution in [0.5, 0.6) is 0 Å². The molecule has 5 rings (SSSR count). The van der Waals surface area contributed by atoms with Gasteiger partial charge >= 0.3 is 0 Å². The summed E-state index contributed by atoms with van der Waals surface area (Å²) in [6.07, 6.45) is 2.55. The van der Waals surface area contributed by atoms with Gasteiger partial charge in [0.1, 0.15) is 0 Å². The van der Waals surface area contributed by atoms with Gasteiger partial charge in [-0.1, -0.05) is 12.1 Å². The molecule has 20 heavy (non-hydrogen) atoms. The number of piperidine rings is 3. The van der Waals surface area contributed by atoms with Crippen molar-refractivity contribution in [3.63, 3.8) is 0 Å². The fourth-order valence-corrected chi connectivity index (χ4v) is 3.42. The van der Waals surface area contributed by atoms with E-state index in [4.69, 9.17) is 5.73 Å². The number of benzene rings is 1. The van der Waals surface area contributed by atoms with E-state index in [2.05, 4.69) is 20.2 Å². The van der Waals surface area contributed by atoms with E-state index in [9.17, 15) is 0 Å². The number of aromatic nitrogens is 2. The number of rotatable bonds is 2. The summed E-state index contributed by atoms with van der Waals surface area (Å²) in [7, 11) is 0. The van der Waals surface area contributed by atoms with Crippen LogP contribution >= 0.6 is 0 Å². The molecule has 0 radical (unpaired) electrons. The van der Waals surface area contributed by atoms with Crippen molar-refractivity contribution >= 4 is 22.7 Å². The molecule has 3 aliphatic heterocycles. The number of nitrogens with one attached hydrogen (secondary N) is 1. The summed E-state index contributed by atoms with van der Waals surface area (Å²) < 4.78 is 0. The van der Waals surface area contributed by atoms with Crippen molar-refractivity contribution in [3.8, 4) is 0 Å². The maximum atomic E-state index is 6.05. The Bertz CT molecular complexity index is 633. The van der Waals surface area contributed by atoms with Gasteiger partial charge in [0.2, 0.25) is 0 Å². The molecule has 3 N–H and O–H groups in total. The molecule has 1 atom stereocenters. The summed E-state index contributed by atoms with van der Waals surface area (Å²) in [6.45, 7) is 3.57. The van der Waals surface area contributed by atoms with Gasteiger partial charge in [0.15, 0.2) is 11.6 Å². The Hall–Kier alpha value is -1.88. The second-order valence-corrected chi connectivity index (χ2v) is 5.84. The smallest absolute Gasteiger partial charge is 0.169 e. The second-order valence-electron chi connectivity index (χ2n) is 5.84. The van der Waals surface area contributed by atoms with Crippen molar-refractivity contribution in [1.82, 2.24) is 14.9 Å². The van der Waals surface area contributed by atoms with E-state index in [1.54, 1.807) is 0 Å². The van der Waals surface area contributed by atoms with Crippen LogP contribution in [-0.2, 0) is 0 Å². The summed E-state index contributed by atoms with van der Waals surface area (Å²) in [5.74, 6) is 1.98. The van der Waals surface area contributed by atoms with Gasteiger partial charge in [-0.2, -0.15) is 0 Å². The predicted octanol–water partition coefficient (Wildman–Crippen LogP) is 1.72. The molecule has 104 valence electrons. The highest BCUT2D eigenvalue weighted by Crippen LogP contribution is 2.30. The zero-order valence-corrected chi connectivity index (χ0v) is 11.4. The third kappa shape index (κ3) is 1.98. The van der Waals surface area contributed by atoms with Gasteiger partial charge in [-0.3, -0.25) is 0 Å². The molecule has 5 heteroatoms. The summed E-state index contributed by atoms with van der Waals surface area (Å²) in [5.41, 5.74) is 7.80. The standard InChI is InChI=1S/C15H19N5/c16-14-15(18-12-4-2-1-3-11(12)17-14)19-13-9-20-7-5-10(13)6-8-20/h1-4,10,13H,5-9H2,(H2,16,17)(H,18,19). The SMILES string of the molecule is Nc1nc2ccccc2nc1NC1CN2CCC1CC2. The molecule has 0 aliphatic carbocycles. The molecule has 3 saturated heterocycles. The number of anilines is 2. The molecular formula is C15H19N5. The number of fused-ring (bicyclic) bond motifs is 4. The van der Waals surface area contributed by atoms with Crippen LogP contribution in [0.2, 0.25) is 0 Å². The largest absolute Gasteiger partial charge is 0.381 e. The highest BCUT2D eigenvalue weighted by molar-refractivity contribution is 5.79. The Morgan fingerprint density at radius 1 is 1.10 bits per heavy atom. The summed E-state index contributed by atoms with van der Waals surface area (Å²) >= 11 is 0. The van der Waals surface area contributed by atoms with Crippen molar-refractivity contribution in [3.05, 3.63) is 24.3 Å². The minimum atomic E-state index is 0.454. The number of nitrogen functional groups attached to an aromatic ring is 1. The van der Waals surface area contributed by atoms with Gasteiger partial charge in [-0.05, 0) is 44.0 Å². The number of hydrogen-bond donors (Lipinski definition) is 2. The van der Waals surface area contributed by atoms with Crippen LogP contribution < -0.4 is 11.1 Å². The average Bonchev–Trinajstić information content (AvgIpc) is 2.49. The molecule has 1 aromatic heterocycles. The van der Waals surface area contributed by atoms with E-state index in [-0.39, 0.29) is 0 Å². The Balaban J connectivity index is 1.63. The van der Waals surface area contributed by atoms with Gasteiger partial charge in [-0.25, -0.2) is 9.97 Å². The minimum Gasteiger partial charge on any atom is -0.381 e. The van der Waals surface area contributed by atoms with Crippen molar-refractivity contribution in [2.24, 2.45) is 5.92 Å². The predicted molar refractivity (Wildman–Crippen MR) is 80.5 cm³/mol. The fraction of sp³-hybridized carbons (Fsp3) is 0.467. The Labute approximate surface area is 118 Å². The molecule has 3 aliphatic rings. The van der Waals surface area contributed by atoms with Crippen molar-refractivity contribution in [1.29, 1.82) is 0 Å². The first-order valence-corrected chi connectivity index (χ1v) is 7.31. The topological polar surface area (TPSA) is 67.1 Å². The molecule has 0 spiro atoms. The minimum absolute atomic E-state index is 0.454. The van der Waals surface area contributed by atoms with Gasteiger partial charge in [0.25, 0.3) is 0 Å². The lowest BCUT2D eigenvalue weighted by Gasteiger charge is -2.45. The summed E-state index contributed by atoms with van der Waals surface area (Å²) in [5, 5.41) is 3.53. The zero-order chi connectivity index (χ0) is 13.5. The normalized spacial score (nSPS) is 28.7. The van der Waals surface area contributed by atoms with Crippen LogP contribution in [-0.4, -0.2) is 40.5 Å². The zero-order valence-electron chi connectivity index (χ0n) is 11.4. The Morgan fingerprint density at radius 3 is 2.45 bits per heavy atom. The lowest BCUT2D eigenvalue weighted by molar-refractivity contribution is 0.0974. The number of nitrogens with zero attached hydrogens (tertiary/aromatic N) is 3. The number of hydrogen-bond acceptors (Lipinski definition) is 5. The Kier molecular flexibility index (Phi) is 2.73. The monoisotopic (exact) mass is 269 g/mol. The van der Waals surface area contributed by atoms with Gasteiger partial charge in [0, 0.05) is 12.6 Å². The lowest BCUT2D eigenvalue weighted by atomic mass is 9.84. The van der Waals surface area contributed by atoms with Crippen LogP contribution in [0.15, 0.2) is 24.3 Å². The van der Waals surface area contributed by atoms with Gasteiger partial charge < -0.3 is 16.0 Å². The van der Waals surface area contributed by atoms with Crippen LogP contribution in [0.4, 0.5) is 11.6 Å². The van der Waals surface area contributed by atoms with Crippen molar-refractivity contribution in [2.75, 3.05) is 30.7 Å². The molecule has 0 saturated carbocycles. The van der Waals surface area contributed by atoms with E-state index in [0.717, 1.165) is 29.3 Å². The van der Waals surface area contributed by atoms with Crippen LogP contribution in [0.1, 0.15) is 12.8 Å².